The van der Waals surface area contributed by atoms with Crippen molar-refractivity contribution in [1.82, 2.24) is 10.3 Å². The summed E-state index contributed by atoms with van der Waals surface area (Å²) in [6.45, 7) is 3.62. The van der Waals surface area contributed by atoms with Gasteiger partial charge in [0.05, 0.1) is 0 Å². The fraction of sp³-hybridized carbons (Fsp3) is 0.214. The van der Waals surface area contributed by atoms with Gasteiger partial charge in [-0.2, -0.15) is 0 Å². The van der Waals surface area contributed by atoms with E-state index < -0.39 is 17.5 Å². The predicted octanol–water partition coefficient (Wildman–Crippen LogP) is 2.81. The first-order chi connectivity index (χ1) is 10.3. The molecule has 0 aliphatic carbocycles. The van der Waals surface area contributed by atoms with E-state index in [0.29, 0.717) is 6.07 Å². The third kappa shape index (κ3) is 4.08. The Morgan fingerprint density at radius 1 is 1.14 bits per heavy atom. The Labute approximate surface area is 129 Å². The second-order valence-electron chi connectivity index (χ2n) is 4.78. The van der Waals surface area contributed by atoms with Gasteiger partial charge in [0.2, 0.25) is 0 Å². The van der Waals surface area contributed by atoms with Crippen LogP contribution in [0.15, 0.2) is 23.6 Å². The predicted molar refractivity (Wildman–Crippen MR) is 79.0 cm³/mol. The minimum Gasteiger partial charge on any atom is -0.349 e. The molecule has 1 heterocycles. The van der Waals surface area contributed by atoms with Gasteiger partial charge >= 0.3 is 0 Å². The molecular formula is C14H13F2N3O2S. The first-order valence-corrected chi connectivity index (χ1v) is 7.27. The second-order valence-corrected chi connectivity index (χ2v) is 5.64. The topological polar surface area (TPSA) is 71.1 Å². The molecule has 2 rings (SSSR count). The van der Waals surface area contributed by atoms with Crippen LogP contribution in [-0.4, -0.2) is 22.8 Å². The van der Waals surface area contributed by atoms with Crippen LogP contribution >= 0.6 is 11.3 Å². The number of amides is 2. The third-order valence-corrected chi connectivity index (χ3v) is 3.26. The molecule has 2 N–H and O–H groups in total. The van der Waals surface area contributed by atoms with Crippen molar-refractivity contribution in [3.05, 3.63) is 46.5 Å². The summed E-state index contributed by atoms with van der Waals surface area (Å²) >= 11 is 1.04. The Bertz CT molecular complexity index is 696. The Kier molecular flexibility index (Phi) is 4.81. The van der Waals surface area contributed by atoms with Crippen LogP contribution in [0, 0.1) is 11.6 Å². The molecule has 0 bridgehead atoms. The van der Waals surface area contributed by atoms with E-state index in [-0.39, 0.29) is 28.3 Å². The maximum atomic E-state index is 13.1. The highest BCUT2D eigenvalue weighted by Gasteiger charge is 2.15. The summed E-state index contributed by atoms with van der Waals surface area (Å²) in [5, 5.41) is 6.72. The summed E-state index contributed by atoms with van der Waals surface area (Å²) in [4.78, 5) is 27.6. The Morgan fingerprint density at radius 3 is 2.36 bits per heavy atom. The maximum absolute atomic E-state index is 13.1. The van der Waals surface area contributed by atoms with Gasteiger partial charge in [-0.3, -0.25) is 14.9 Å². The van der Waals surface area contributed by atoms with Gasteiger partial charge in [-0.15, -0.1) is 11.3 Å². The van der Waals surface area contributed by atoms with Crippen molar-refractivity contribution in [2.45, 2.75) is 19.9 Å². The number of benzene rings is 1. The molecule has 5 nitrogen and oxygen atoms in total. The number of carbonyl (C=O) groups excluding carboxylic acids is 2. The molecule has 2 aromatic rings. The van der Waals surface area contributed by atoms with Crippen molar-refractivity contribution in [2.75, 3.05) is 5.32 Å². The van der Waals surface area contributed by atoms with Gasteiger partial charge in [0.1, 0.15) is 17.3 Å². The lowest BCUT2D eigenvalue weighted by Crippen LogP contribution is -2.30. The summed E-state index contributed by atoms with van der Waals surface area (Å²) in [5.74, 6) is -2.75. The molecule has 2 amide bonds. The van der Waals surface area contributed by atoms with E-state index in [4.69, 9.17) is 0 Å². The highest BCUT2D eigenvalue weighted by atomic mass is 32.1. The molecule has 8 heteroatoms. The van der Waals surface area contributed by atoms with E-state index in [1.807, 2.05) is 13.8 Å². The van der Waals surface area contributed by atoms with Gasteiger partial charge in [0, 0.05) is 23.1 Å². The Hall–Kier alpha value is -2.35. The van der Waals surface area contributed by atoms with Crippen molar-refractivity contribution in [3.63, 3.8) is 0 Å². The average Bonchev–Trinajstić information content (AvgIpc) is 2.85. The van der Waals surface area contributed by atoms with E-state index in [2.05, 4.69) is 15.6 Å². The fourth-order valence-electron chi connectivity index (χ4n) is 1.63. The minimum atomic E-state index is -0.846. The largest absolute Gasteiger partial charge is 0.349 e. The van der Waals surface area contributed by atoms with E-state index in [9.17, 15) is 18.4 Å². The van der Waals surface area contributed by atoms with Crippen LogP contribution in [-0.2, 0) is 0 Å². The fourth-order valence-corrected chi connectivity index (χ4v) is 2.31. The van der Waals surface area contributed by atoms with Gasteiger partial charge in [0.15, 0.2) is 5.13 Å². The number of thiazole rings is 1. The van der Waals surface area contributed by atoms with Gasteiger partial charge in [-0.05, 0) is 26.0 Å². The van der Waals surface area contributed by atoms with Crippen LogP contribution < -0.4 is 10.6 Å². The standard InChI is InChI=1S/C14H13F2N3O2S/c1-7(2)17-13(21)11-6-22-14(18-11)19-12(20)8-3-9(15)5-10(16)4-8/h3-7H,1-2H3,(H,17,21)(H,18,19,20). The highest BCUT2D eigenvalue weighted by Crippen LogP contribution is 2.17. The SMILES string of the molecule is CC(C)NC(=O)c1csc(NC(=O)c2cc(F)cc(F)c2)n1. The highest BCUT2D eigenvalue weighted by molar-refractivity contribution is 7.14. The third-order valence-electron chi connectivity index (χ3n) is 2.50. The summed E-state index contributed by atoms with van der Waals surface area (Å²) in [6, 6.07) is 2.47. The molecule has 0 atom stereocenters. The van der Waals surface area contributed by atoms with Crippen molar-refractivity contribution < 1.29 is 18.4 Å². The van der Waals surface area contributed by atoms with Gasteiger partial charge in [0.25, 0.3) is 11.8 Å². The molecule has 0 aliphatic rings. The minimum absolute atomic E-state index is 0.0393. The molecule has 22 heavy (non-hydrogen) atoms. The number of nitrogens with zero attached hydrogens (tertiary/aromatic N) is 1. The first-order valence-electron chi connectivity index (χ1n) is 6.39. The molecule has 0 radical (unpaired) electrons. The van der Waals surface area contributed by atoms with Crippen LogP contribution in [0.4, 0.5) is 13.9 Å². The number of halogens is 2. The van der Waals surface area contributed by atoms with Gasteiger partial charge in [-0.1, -0.05) is 0 Å². The molecule has 1 aromatic carbocycles. The zero-order valence-electron chi connectivity index (χ0n) is 11.8. The number of hydrogen-bond donors (Lipinski definition) is 2. The number of anilines is 1. The molecule has 0 saturated carbocycles. The maximum Gasteiger partial charge on any atom is 0.271 e. The summed E-state index contributed by atoms with van der Waals surface area (Å²) in [7, 11) is 0. The molecule has 116 valence electrons. The normalized spacial score (nSPS) is 10.6. The lowest BCUT2D eigenvalue weighted by atomic mass is 10.2. The molecule has 0 spiro atoms. The summed E-state index contributed by atoms with van der Waals surface area (Å²) in [5.41, 5.74) is 0.000282. The monoisotopic (exact) mass is 325 g/mol. The van der Waals surface area contributed by atoms with Crippen LogP contribution in [0.5, 0.6) is 0 Å². The van der Waals surface area contributed by atoms with Gasteiger partial charge < -0.3 is 5.32 Å². The van der Waals surface area contributed by atoms with E-state index in [1.165, 1.54) is 5.38 Å². The number of aromatic nitrogens is 1. The van der Waals surface area contributed by atoms with E-state index in [0.717, 1.165) is 23.5 Å². The molecular weight excluding hydrogens is 312 g/mol. The van der Waals surface area contributed by atoms with Crippen LogP contribution in [0.1, 0.15) is 34.7 Å². The van der Waals surface area contributed by atoms with Crippen LogP contribution in [0.25, 0.3) is 0 Å². The summed E-state index contributed by atoms with van der Waals surface area (Å²) < 4.78 is 26.1. The zero-order valence-corrected chi connectivity index (χ0v) is 12.6. The molecule has 0 saturated heterocycles. The van der Waals surface area contributed by atoms with Crippen LogP contribution in [0.2, 0.25) is 0 Å². The average molecular weight is 325 g/mol. The van der Waals surface area contributed by atoms with Crippen molar-refractivity contribution in [3.8, 4) is 0 Å². The smallest absolute Gasteiger partial charge is 0.271 e. The van der Waals surface area contributed by atoms with Crippen molar-refractivity contribution in [1.29, 1.82) is 0 Å². The van der Waals surface area contributed by atoms with E-state index in [1.54, 1.807) is 0 Å². The van der Waals surface area contributed by atoms with E-state index >= 15 is 0 Å². The Morgan fingerprint density at radius 2 is 1.77 bits per heavy atom. The number of carbonyl (C=O) groups is 2. The molecule has 0 aliphatic heterocycles. The van der Waals surface area contributed by atoms with Crippen LogP contribution in [0.3, 0.4) is 0 Å². The molecule has 0 fully saturated rings. The Balaban J connectivity index is 2.09. The number of nitrogens with one attached hydrogen (secondary N) is 2. The van der Waals surface area contributed by atoms with Crippen molar-refractivity contribution >= 4 is 28.3 Å². The zero-order chi connectivity index (χ0) is 16.3. The van der Waals surface area contributed by atoms with Crippen molar-refractivity contribution in [2.24, 2.45) is 0 Å². The quantitative estimate of drug-likeness (QED) is 0.908. The molecule has 1 aromatic heterocycles. The summed E-state index contributed by atoms with van der Waals surface area (Å²) in [6.07, 6.45) is 0. The molecule has 0 unspecified atom stereocenters. The number of rotatable bonds is 4. The second kappa shape index (κ2) is 6.61. The lowest BCUT2D eigenvalue weighted by molar-refractivity contribution is 0.0937. The van der Waals surface area contributed by atoms with Gasteiger partial charge in [-0.25, -0.2) is 13.8 Å². The first kappa shape index (κ1) is 16.0. The lowest BCUT2D eigenvalue weighted by Gasteiger charge is -2.05. The number of hydrogen-bond acceptors (Lipinski definition) is 4.